The molecule has 3 atom stereocenters. The fourth-order valence-corrected chi connectivity index (χ4v) is 1.26. The average Bonchev–Trinajstić information content (AvgIpc) is 1.96. The maximum absolute atomic E-state index is 9.21. The lowest BCUT2D eigenvalue weighted by atomic mass is 9.95. The van der Waals surface area contributed by atoms with E-state index in [1.807, 2.05) is 0 Å². The quantitative estimate of drug-likeness (QED) is 0.360. The van der Waals surface area contributed by atoms with E-state index in [-0.39, 0.29) is 19.7 Å². The lowest BCUT2D eigenvalue weighted by Gasteiger charge is -2.34. The van der Waals surface area contributed by atoms with Gasteiger partial charge in [0.2, 0.25) is 0 Å². The van der Waals surface area contributed by atoms with Crippen molar-refractivity contribution in [3.05, 3.63) is 0 Å². The van der Waals surface area contributed by atoms with Gasteiger partial charge >= 0.3 is 0 Å². The largest absolute Gasteiger partial charge is 0.396 e. The van der Waals surface area contributed by atoms with Crippen molar-refractivity contribution in [2.75, 3.05) is 19.7 Å². The van der Waals surface area contributed by atoms with Crippen molar-refractivity contribution in [3.63, 3.8) is 0 Å². The van der Waals surface area contributed by atoms with E-state index in [1.54, 1.807) is 0 Å². The van der Waals surface area contributed by atoms with Gasteiger partial charge in [-0.15, -0.1) is 0 Å². The molecule has 4 N–H and O–H groups in total. The second kappa shape index (κ2) is 3.46. The van der Waals surface area contributed by atoms with E-state index < -0.39 is 18.1 Å². The van der Waals surface area contributed by atoms with Gasteiger partial charge in [-0.25, -0.2) is 0 Å². The maximum atomic E-state index is 9.21. The van der Waals surface area contributed by atoms with Gasteiger partial charge in [0, 0.05) is 19.1 Å². The number of rotatable bonds is 1. The molecule has 0 amide bonds. The minimum Gasteiger partial charge on any atom is -0.396 e. The second-order valence-corrected chi connectivity index (χ2v) is 2.87. The molecule has 0 aromatic heterocycles. The molecular weight excluding hydrogens is 150 g/mol. The lowest BCUT2D eigenvalue weighted by molar-refractivity contribution is -0.188. The van der Waals surface area contributed by atoms with Gasteiger partial charge in [0.25, 0.3) is 0 Å². The first-order valence-corrected chi connectivity index (χ1v) is 3.56. The van der Waals surface area contributed by atoms with Crippen molar-refractivity contribution in [2.24, 2.45) is 5.92 Å². The third-order valence-electron chi connectivity index (χ3n) is 1.95. The molecule has 11 heavy (non-hydrogen) atoms. The predicted octanol–water partition coefficient (Wildman–Crippen LogP) is -1.98. The van der Waals surface area contributed by atoms with E-state index >= 15 is 0 Å². The molecule has 66 valence electrons. The number of aliphatic hydroxyl groups excluding tert-OH is 3. The molecule has 1 aliphatic heterocycles. The Balaban J connectivity index is 2.51. The Bertz CT molecular complexity index is 132. The first kappa shape index (κ1) is 8.89. The molecule has 5 nitrogen and oxygen atoms in total. The first-order valence-electron chi connectivity index (χ1n) is 3.56. The van der Waals surface area contributed by atoms with Crippen LogP contribution >= 0.6 is 0 Å². The summed E-state index contributed by atoms with van der Waals surface area (Å²) in [7, 11) is 0. The summed E-state index contributed by atoms with van der Waals surface area (Å²) in [5.41, 5.74) is 0. The van der Waals surface area contributed by atoms with Crippen LogP contribution in [0.2, 0.25) is 0 Å². The molecule has 0 radical (unpaired) electrons. The summed E-state index contributed by atoms with van der Waals surface area (Å²) in [6.45, 7) is 0.0156. The molecule has 0 unspecified atom stereocenters. The fourth-order valence-electron chi connectivity index (χ4n) is 1.26. The Hall–Kier alpha value is -0.200. The number of aliphatic hydroxyl groups is 3. The van der Waals surface area contributed by atoms with Crippen LogP contribution in [0.1, 0.15) is 0 Å². The normalized spacial score (nSPS) is 40.9. The van der Waals surface area contributed by atoms with Crippen LogP contribution in [0.25, 0.3) is 0 Å². The molecule has 1 heterocycles. The number of piperidine rings is 1. The van der Waals surface area contributed by atoms with Gasteiger partial charge in [0.1, 0.15) is 0 Å². The molecule has 0 saturated carbocycles. The third-order valence-corrected chi connectivity index (χ3v) is 1.95. The summed E-state index contributed by atoms with van der Waals surface area (Å²) in [5, 5.41) is 36.8. The molecule has 1 saturated heterocycles. The number of nitrogens with zero attached hydrogens (tertiary/aromatic N) is 1. The minimum atomic E-state index is -0.967. The summed E-state index contributed by atoms with van der Waals surface area (Å²) in [4.78, 5) is 0. The van der Waals surface area contributed by atoms with Crippen LogP contribution in [-0.2, 0) is 0 Å². The van der Waals surface area contributed by atoms with Crippen molar-refractivity contribution in [2.45, 2.75) is 12.2 Å². The Kier molecular flexibility index (Phi) is 2.80. The van der Waals surface area contributed by atoms with Gasteiger partial charge < -0.3 is 20.5 Å². The van der Waals surface area contributed by atoms with Crippen molar-refractivity contribution in [1.29, 1.82) is 0 Å². The molecule has 0 spiro atoms. The molecule has 0 aromatic carbocycles. The Morgan fingerprint density at radius 2 is 1.91 bits per heavy atom. The SMILES string of the molecule is OC[C@H]1CN(O)C[C@@H](O)[C@@H]1O. The van der Waals surface area contributed by atoms with Crippen LogP contribution in [0, 0.1) is 5.92 Å². The van der Waals surface area contributed by atoms with Crippen molar-refractivity contribution in [1.82, 2.24) is 5.06 Å². The van der Waals surface area contributed by atoms with E-state index in [1.165, 1.54) is 0 Å². The Labute approximate surface area is 64.4 Å². The van der Waals surface area contributed by atoms with E-state index in [0.29, 0.717) is 0 Å². The Morgan fingerprint density at radius 3 is 2.45 bits per heavy atom. The number of hydroxylamine groups is 2. The summed E-state index contributed by atoms with van der Waals surface area (Å²) in [6, 6.07) is 0. The molecule has 5 heteroatoms. The number of hydrogen-bond donors (Lipinski definition) is 4. The summed E-state index contributed by atoms with van der Waals surface area (Å²) in [6.07, 6.45) is -1.89. The van der Waals surface area contributed by atoms with E-state index in [2.05, 4.69) is 0 Å². The van der Waals surface area contributed by atoms with Crippen molar-refractivity contribution >= 4 is 0 Å². The van der Waals surface area contributed by atoms with Crippen molar-refractivity contribution < 1.29 is 20.5 Å². The maximum Gasteiger partial charge on any atom is 0.0952 e. The van der Waals surface area contributed by atoms with Crippen LogP contribution in [0.5, 0.6) is 0 Å². The topological polar surface area (TPSA) is 84.2 Å². The van der Waals surface area contributed by atoms with E-state index in [9.17, 15) is 5.11 Å². The van der Waals surface area contributed by atoms with Crippen LogP contribution in [0.15, 0.2) is 0 Å². The molecular formula is C6H13NO4. The summed E-state index contributed by atoms with van der Waals surface area (Å²) >= 11 is 0. The second-order valence-electron chi connectivity index (χ2n) is 2.87. The fraction of sp³-hybridized carbons (Fsp3) is 1.00. The van der Waals surface area contributed by atoms with Crippen LogP contribution in [0.4, 0.5) is 0 Å². The third kappa shape index (κ3) is 1.88. The van der Waals surface area contributed by atoms with Gasteiger partial charge in [0.05, 0.1) is 18.8 Å². The van der Waals surface area contributed by atoms with Gasteiger partial charge in [0.15, 0.2) is 0 Å². The van der Waals surface area contributed by atoms with Gasteiger partial charge in [-0.1, -0.05) is 0 Å². The highest BCUT2D eigenvalue weighted by molar-refractivity contribution is 4.82. The first-order chi connectivity index (χ1) is 5.15. The van der Waals surface area contributed by atoms with Gasteiger partial charge in [-0.3, -0.25) is 0 Å². The molecule has 0 bridgehead atoms. The zero-order valence-corrected chi connectivity index (χ0v) is 6.09. The lowest BCUT2D eigenvalue weighted by Crippen LogP contribution is -2.52. The zero-order chi connectivity index (χ0) is 8.43. The Morgan fingerprint density at radius 1 is 1.27 bits per heavy atom. The zero-order valence-electron chi connectivity index (χ0n) is 6.09. The summed E-state index contributed by atoms with van der Waals surface area (Å²) < 4.78 is 0. The summed E-state index contributed by atoms with van der Waals surface area (Å²) in [5.74, 6) is -0.455. The predicted molar refractivity (Wildman–Crippen MR) is 35.9 cm³/mol. The van der Waals surface area contributed by atoms with E-state index in [0.717, 1.165) is 5.06 Å². The highest BCUT2D eigenvalue weighted by Crippen LogP contribution is 2.15. The standard InChI is InChI=1S/C6H13NO4/c8-3-4-1-7(11)2-5(9)6(4)10/h4-6,8-11H,1-3H2/t4-,5-,6-/m1/s1. The van der Waals surface area contributed by atoms with E-state index in [4.69, 9.17) is 15.4 Å². The smallest absolute Gasteiger partial charge is 0.0952 e. The monoisotopic (exact) mass is 163 g/mol. The number of β-amino-alcohol motifs (C(OH)–C–C–N with tert-alkyl or cyclic N) is 1. The highest BCUT2D eigenvalue weighted by atomic mass is 16.5. The number of hydrogen-bond acceptors (Lipinski definition) is 5. The van der Waals surface area contributed by atoms with Crippen LogP contribution in [0.3, 0.4) is 0 Å². The minimum absolute atomic E-state index is 0.0394. The van der Waals surface area contributed by atoms with Crippen LogP contribution in [-0.4, -0.2) is 57.5 Å². The van der Waals surface area contributed by atoms with Gasteiger partial charge in [-0.05, 0) is 0 Å². The molecule has 1 aliphatic rings. The van der Waals surface area contributed by atoms with Crippen molar-refractivity contribution in [3.8, 4) is 0 Å². The molecule has 1 rings (SSSR count). The van der Waals surface area contributed by atoms with Gasteiger partial charge in [-0.2, -0.15) is 5.06 Å². The highest BCUT2D eigenvalue weighted by Gasteiger charge is 2.33. The van der Waals surface area contributed by atoms with Crippen LogP contribution < -0.4 is 0 Å². The molecule has 1 fully saturated rings. The molecule has 0 aromatic rings. The average molecular weight is 163 g/mol. The molecule has 0 aliphatic carbocycles.